The first-order chi connectivity index (χ1) is 9.88. The van der Waals surface area contributed by atoms with E-state index in [2.05, 4.69) is 9.71 Å². The molecule has 1 aliphatic rings. The maximum atomic E-state index is 12.2. The summed E-state index contributed by atoms with van der Waals surface area (Å²) in [6.07, 6.45) is 2.15. The van der Waals surface area contributed by atoms with Gasteiger partial charge in [-0.1, -0.05) is 0 Å². The second kappa shape index (κ2) is 4.96. The summed E-state index contributed by atoms with van der Waals surface area (Å²) in [5.41, 5.74) is 0.413. The van der Waals surface area contributed by atoms with E-state index in [0.29, 0.717) is 17.1 Å². The zero-order valence-corrected chi connectivity index (χ0v) is 13.1. The Bertz CT molecular complexity index is 777. The van der Waals surface area contributed by atoms with Gasteiger partial charge in [0, 0.05) is 11.8 Å². The lowest BCUT2D eigenvalue weighted by molar-refractivity contribution is -0.120. The van der Waals surface area contributed by atoms with Crippen LogP contribution in [0, 0.1) is 19.8 Å². The van der Waals surface area contributed by atoms with Gasteiger partial charge in [-0.15, -0.1) is 11.3 Å². The average Bonchev–Trinajstić information content (AvgIpc) is 2.84. The number of nitrogens with zero attached hydrogens (tertiary/aromatic N) is 1. The van der Waals surface area contributed by atoms with Crippen LogP contribution in [0.2, 0.25) is 0 Å². The third-order valence-electron chi connectivity index (χ3n) is 3.38. The number of sulfonamides is 1. The summed E-state index contributed by atoms with van der Waals surface area (Å²) in [5, 5.41) is 0.653. The summed E-state index contributed by atoms with van der Waals surface area (Å²) in [4.78, 5) is 16.1. The summed E-state index contributed by atoms with van der Waals surface area (Å²) in [5.74, 6) is -0.140. The maximum Gasteiger partial charge on any atom is 0.275 e. The maximum absolute atomic E-state index is 12.2. The van der Waals surface area contributed by atoms with Gasteiger partial charge in [0.1, 0.15) is 5.76 Å². The largest absolute Gasteiger partial charge is 0.469 e. The van der Waals surface area contributed by atoms with Crippen molar-refractivity contribution < 1.29 is 17.6 Å². The van der Waals surface area contributed by atoms with E-state index < -0.39 is 15.9 Å². The Balaban J connectivity index is 1.72. The minimum atomic E-state index is -3.84. The van der Waals surface area contributed by atoms with Crippen molar-refractivity contribution in [3.05, 3.63) is 34.9 Å². The molecule has 0 bridgehead atoms. The number of rotatable bonds is 4. The zero-order valence-electron chi connectivity index (χ0n) is 11.5. The number of thiazole rings is 1. The lowest BCUT2D eigenvalue weighted by atomic mass is 10.2. The van der Waals surface area contributed by atoms with Gasteiger partial charge in [0.25, 0.3) is 10.0 Å². The smallest absolute Gasteiger partial charge is 0.275 e. The van der Waals surface area contributed by atoms with Crippen molar-refractivity contribution in [1.82, 2.24) is 9.71 Å². The average molecular weight is 326 g/mol. The highest BCUT2D eigenvalue weighted by Gasteiger charge is 2.47. The van der Waals surface area contributed by atoms with E-state index >= 15 is 0 Å². The number of furan rings is 1. The molecule has 2 heterocycles. The topological polar surface area (TPSA) is 89.3 Å². The van der Waals surface area contributed by atoms with Gasteiger partial charge in [-0.05, 0) is 32.4 Å². The Morgan fingerprint density at radius 3 is 2.81 bits per heavy atom. The van der Waals surface area contributed by atoms with Gasteiger partial charge < -0.3 is 4.42 Å². The number of carbonyl (C=O) groups excluding carboxylic acids is 1. The fraction of sp³-hybridized carbons (Fsp3) is 0.385. The summed E-state index contributed by atoms with van der Waals surface area (Å²) >= 11 is 1.06. The predicted octanol–water partition coefficient (Wildman–Crippen LogP) is 1.96. The quantitative estimate of drug-likeness (QED) is 0.927. The molecule has 1 fully saturated rings. The van der Waals surface area contributed by atoms with E-state index in [1.165, 1.54) is 0 Å². The van der Waals surface area contributed by atoms with Gasteiger partial charge in [0.05, 0.1) is 17.0 Å². The number of aromatic nitrogens is 1. The molecule has 21 heavy (non-hydrogen) atoms. The Morgan fingerprint density at radius 1 is 1.48 bits per heavy atom. The Labute approximate surface area is 126 Å². The normalized spacial score (nSPS) is 21.2. The van der Waals surface area contributed by atoms with Crippen LogP contribution in [-0.2, 0) is 14.8 Å². The molecule has 1 aliphatic carbocycles. The molecule has 0 aromatic carbocycles. The van der Waals surface area contributed by atoms with Crippen LogP contribution in [0.5, 0.6) is 0 Å². The molecule has 112 valence electrons. The standard InChI is InChI=1S/C13H14N2O4S2/c1-7-13(20-8(2)14-7)21(17,18)15-12(16)10-6-9(10)11-4-3-5-19-11/h3-5,9-10H,6H2,1-2H3,(H,15,16). The Morgan fingerprint density at radius 2 is 2.24 bits per heavy atom. The molecule has 1 saturated carbocycles. The summed E-state index contributed by atoms with van der Waals surface area (Å²) in [6, 6.07) is 3.55. The molecule has 0 radical (unpaired) electrons. The minimum Gasteiger partial charge on any atom is -0.469 e. The van der Waals surface area contributed by atoms with Crippen molar-refractivity contribution >= 4 is 27.3 Å². The molecule has 8 heteroatoms. The van der Waals surface area contributed by atoms with E-state index in [9.17, 15) is 13.2 Å². The molecule has 2 atom stereocenters. The molecular weight excluding hydrogens is 312 g/mol. The molecule has 6 nitrogen and oxygen atoms in total. The van der Waals surface area contributed by atoms with Gasteiger partial charge in [-0.2, -0.15) is 0 Å². The summed E-state index contributed by atoms with van der Waals surface area (Å²) in [6.45, 7) is 3.34. The van der Waals surface area contributed by atoms with Crippen molar-refractivity contribution in [2.45, 2.75) is 30.4 Å². The molecule has 0 spiro atoms. The van der Waals surface area contributed by atoms with Crippen molar-refractivity contribution in [3.63, 3.8) is 0 Å². The van der Waals surface area contributed by atoms with Crippen LogP contribution in [0.1, 0.15) is 28.8 Å². The molecule has 2 unspecified atom stereocenters. The third kappa shape index (κ3) is 2.73. The highest BCUT2D eigenvalue weighted by atomic mass is 32.2. The minimum absolute atomic E-state index is 0.0282. The van der Waals surface area contributed by atoms with Crippen LogP contribution in [-0.4, -0.2) is 19.3 Å². The molecule has 1 amide bonds. The van der Waals surface area contributed by atoms with E-state index in [1.54, 1.807) is 32.2 Å². The van der Waals surface area contributed by atoms with Gasteiger partial charge in [-0.3, -0.25) is 4.79 Å². The van der Waals surface area contributed by atoms with Gasteiger partial charge in [0.2, 0.25) is 5.91 Å². The van der Waals surface area contributed by atoms with Gasteiger partial charge >= 0.3 is 0 Å². The first-order valence-electron chi connectivity index (χ1n) is 6.42. The second-order valence-corrected chi connectivity index (χ2v) is 8.12. The molecule has 2 aromatic rings. The fourth-order valence-electron chi connectivity index (χ4n) is 2.32. The highest BCUT2D eigenvalue weighted by Crippen LogP contribution is 2.47. The van der Waals surface area contributed by atoms with Crippen LogP contribution in [0.15, 0.2) is 27.0 Å². The van der Waals surface area contributed by atoms with E-state index in [-0.39, 0.29) is 16.0 Å². The van der Waals surface area contributed by atoms with Crippen molar-refractivity contribution in [2.75, 3.05) is 0 Å². The molecular formula is C13H14N2O4S2. The van der Waals surface area contributed by atoms with E-state index in [1.807, 2.05) is 0 Å². The van der Waals surface area contributed by atoms with Gasteiger partial charge in [0.15, 0.2) is 4.21 Å². The van der Waals surface area contributed by atoms with Crippen LogP contribution < -0.4 is 4.72 Å². The van der Waals surface area contributed by atoms with E-state index in [4.69, 9.17) is 4.42 Å². The number of carbonyl (C=O) groups is 1. The van der Waals surface area contributed by atoms with Crippen LogP contribution >= 0.6 is 11.3 Å². The van der Waals surface area contributed by atoms with Crippen LogP contribution in [0.3, 0.4) is 0 Å². The number of amides is 1. The van der Waals surface area contributed by atoms with Crippen molar-refractivity contribution in [1.29, 1.82) is 0 Å². The molecule has 3 rings (SSSR count). The monoisotopic (exact) mass is 326 g/mol. The molecule has 1 N–H and O–H groups in total. The SMILES string of the molecule is Cc1nc(C)c(S(=O)(=O)NC(=O)C2CC2c2ccco2)s1. The van der Waals surface area contributed by atoms with Crippen LogP contribution in [0.25, 0.3) is 0 Å². The first kappa shape index (κ1) is 14.3. The van der Waals surface area contributed by atoms with Crippen LogP contribution in [0.4, 0.5) is 0 Å². The number of aryl methyl sites for hydroxylation is 2. The number of hydrogen-bond donors (Lipinski definition) is 1. The van der Waals surface area contributed by atoms with Gasteiger partial charge in [-0.25, -0.2) is 18.1 Å². The zero-order chi connectivity index (χ0) is 15.2. The highest BCUT2D eigenvalue weighted by molar-refractivity contribution is 7.92. The predicted molar refractivity (Wildman–Crippen MR) is 76.5 cm³/mol. The van der Waals surface area contributed by atoms with E-state index in [0.717, 1.165) is 17.1 Å². The summed E-state index contributed by atoms with van der Waals surface area (Å²) in [7, 11) is -3.84. The lowest BCUT2D eigenvalue weighted by Gasteiger charge is -2.04. The number of hydrogen-bond acceptors (Lipinski definition) is 6. The molecule has 2 aromatic heterocycles. The Hall–Kier alpha value is -1.67. The van der Waals surface area contributed by atoms with Crippen molar-refractivity contribution in [2.24, 2.45) is 5.92 Å². The molecule has 0 saturated heterocycles. The molecule has 0 aliphatic heterocycles. The summed E-state index contributed by atoms with van der Waals surface area (Å²) < 4.78 is 31.9. The fourth-order valence-corrected chi connectivity index (χ4v) is 4.83. The first-order valence-corrected chi connectivity index (χ1v) is 8.72. The third-order valence-corrected chi connectivity index (χ3v) is 6.41. The van der Waals surface area contributed by atoms with Crippen molar-refractivity contribution in [3.8, 4) is 0 Å². The second-order valence-electron chi connectivity index (χ2n) is 5.04. The number of nitrogens with one attached hydrogen (secondary N) is 1. The lowest BCUT2D eigenvalue weighted by Crippen LogP contribution is -2.32. The Kier molecular flexibility index (Phi) is 3.37.